The normalized spacial score (nSPS) is 17.2. The second-order valence-electron chi connectivity index (χ2n) is 3.33. The smallest absolute Gasteiger partial charge is 0.165 e. The van der Waals surface area contributed by atoms with Crippen molar-refractivity contribution in [1.29, 1.82) is 0 Å². The third-order valence-electron chi connectivity index (χ3n) is 2.36. The Morgan fingerprint density at radius 1 is 1.36 bits per heavy atom. The fourth-order valence-electron chi connectivity index (χ4n) is 1.58. The number of carbonyl (C=O) groups excluding carboxylic acids is 1. The standard InChI is InChI=1S/C10H11FN2O/c11-9-2-1-5-12-10(9)13-6-3-8(14)4-7-13/h1-2,5H,3-4,6-7H2. The summed E-state index contributed by atoms with van der Waals surface area (Å²) in [5, 5.41) is 0. The van der Waals surface area contributed by atoms with E-state index in [1.165, 1.54) is 6.07 Å². The van der Waals surface area contributed by atoms with Crippen LogP contribution in [0.3, 0.4) is 0 Å². The molecule has 2 heterocycles. The van der Waals surface area contributed by atoms with Crippen molar-refractivity contribution >= 4 is 11.6 Å². The van der Waals surface area contributed by atoms with Crippen LogP contribution in [0.1, 0.15) is 12.8 Å². The van der Waals surface area contributed by atoms with Crippen LogP contribution in [-0.4, -0.2) is 23.9 Å². The minimum absolute atomic E-state index is 0.248. The molecule has 0 unspecified atom stereocenters. The van der Waals surface area contributed by atoms with Crippen molar-refractivity contribution in [1.82, 2.24) is 4.98 Å². The number of hydrogen-bond acceptors (Lipinski definition) is 3. The molecule has 74 valence electrons. The first kappa shape index (κ1) is 9.12. The first-order chi connectivity index (χ1) is 6.77. The second kappa shape index (κ2) is 3.74. The molecular formula is C10H11FN2O. The topological polar surface area (TPSA) is 33.2 Å². The lowest BCUT2D eigenvalue weighted by Crippen LogP contribution is -2.34. The van der Waals surface area contributed by atoms with E-state index < -0.39 is 0 Å². The summed E-state index contributed by atoms with van der Waals surface area (Å²) in [5.41, 5.74) is 0. The number of anilines is 1. The van der Waals surface area contributed by atoms with Gasteiger partial charge in [-0.1, -0.05) is 0 Å². The fraction of sp³-hybridized carbons (Fsp3) is 0.400. The van der Waals surface area contributed by atoms with Gasteiger partial charge in [0.2, 0.25) is 0 Å². The van der Waals surface area contributed by atoms with Crippen molar-refractivity contribution in [3.63, 3.8) is 0 Å². The lowest BCUT2D eigenvalue weighted by atomic mass is 10.1. The Labute approximate surface area is 81.6 Å². The maximum atomic E-state index is 13.3. The largest absolute Gasteiger partial charge is 0.353 e. The molecule has 1 saturated heterocycles. The van der Waals surface area contributed by atoms with E-state index in [0.29, 0.717) is 31.7 Å². The molecular weight excluding hydrogens is 183 g/mol. The van der Waals surface area contributed by atoms with Crippen LogP contribution in [0.25, 0.3) is 0 Å². The number of piperidine rings is 1. The first-order valence-corrected chi connectivity index (χ1v) is 4.64. The van der Waals surface area contributed by atoms with E-state index in [0.717, 1.165) is 0 Å². The monoisotopic (exact) mass is 194 g/mol. The zero-order valence-electron chi connectivity index (χ0n) is 7.74. The van der Waals surface area contributed by atoms with Crippen molar-refractivity contribution < 1.29 is 9.18 Å². The van der Waals surface area contributed by atoms with Gasteiger partial charge in [0.05, 0.1) is 0 Å². The number of carbonyl (C=O) groups is 1. The number of aromatic nitrogens is 1. The van der Waals surface area contributed by atoms with E-state index in [2.05, 4.69) is 4.98 Å². The highest BCUT2D eigenvalue weighted by molar-refractivity contribution is 5.80. The molecule has 0 atom stereocenters. The van der Waals surface area contributed by atoms with E-state index in [4.69, 9.17) is 0 Å². The van der Waals surface area contributed by atoms with Gasteiger partial charge < -0.3 is 4.90 Å². The van der Waals surface area contributed by atoms with Gasteiger partial charge in [0.15, 0.2) is 11.6 Å². The van der Waals surface area contributed by atoms with E-state index in [1.807, 2.05) is 4.90 Å². The maximum absolute atomic E-state index is 13.3. The molecule has 14 heavy (non-hydrogen) atoms. The Morgan fingerprint density at radius 3 is 2.71 bits per heavy atom. The molecule has 0 radical (unpaired) electrons. The summed E-state index contributed by atoms with van der Waals surface area (Å²) in [7, 11) is 0. The molecule has 4 heteroatoms. The molecule has 0 spiro atoms. The number of nitrogens with zero attached hydrogens (tertiary/aromatic N) is 2. The summed E-state index contributed by atoms with van der Waals surface area (Å²) in [4.78, 5) is 16.8. The van der Waals surface area contributed by atoms with Crippen LogP contribution in [0.5, 0.6) is 0 Å². The SMILES string of the molecule is O=C1CCN(c2ncccc2F)CC1. The van der Waals surface area contributed by atoms with Crippen LogP contribution < -0.4 is 4.90 Å². The van der Waals surface area contributed by atoms with E-state index >= 15 is 0 Å². The average Bonchev–Trinajstić information content (AvgIpc) is 2.20. The zero-order valence-corrected chi connectivity index (χ0v) is 7.74. The van der Waals surface area contributed by atoms with Crippen molar-refractivity contribution in [2.45, 2.75) is 12.8 Å². The van der Waals surface area contributed by atoms with Gasteiger partial charge in [-0.2, -0.15) is 0 Å². The highest BCUT2D eigenvalue weighted by Gasteiger charge is 2.19. The molecule has 0 bridgehead atoms. The number of rotatable bonds is 1. The quantitative estimate of drug-likeness (QED) is 0.677. The molecule has 1 aromatic heterocycles. The van der Waals surface area contributed by atoms with Crippen LogP contribution in [0, 0.1) is 5.82 Å². The minimum atomic E-state index is -0.318. The van der Waals surface area contributed by atoms with E-state index in [1.54, 1.807) is 12.3 Å². The predicted octanol–water partition coefficient (Wildman–Crippen LogP) is 1.39. The van der Waals surface area contributed by atoms with Gasteiger partial charge in [-0.05, 0) is 12.1 Å². The minimum Gasteiger partial charge on any atom is -0.353 e. The fourth-order valence-corrected chi connectivity index (χ4v) is 1.58. The van der Waals surface area contributed by atoms with Crippen molar-refractivity contribution in [3.05, 3.63) is 24.1 Å². The van der Waals surface area contributed by atoms with Gasteiger partial charge in [0.1, 0.15) is 5.78 Å². The molecule has 0 aromatic carbocycles. The Bertz CT molecular complexity index is 344. The molecule has 0 aliphatic carbocycles. The summed E-state index contributed by atoms with van der Waals surface area (Å²) in [6, 6.07) is 2.95. The highest BCUT2D eigenvalue weighted by atomic mass is 19.1. The van der Waals surface area contributed by atoms with Gasteiger partial charge in [0.25, 0.3) is 0 Å². The van der Waals surface area contributed by atoms with Crippen LogP contribution in [-0.2, 0) is 4.79 Å². The number of Topliss-reactive ketones (excluding diaryl/α,β-unsaturated/α-hetero) is 1. The first-order valence-electron chi connectivity index (χ1n) is 4.64. The Hall–Kier alpha value is -1.45. The predicted molar refractivity (Wildman–Crippen MR) is 50.6 cm³/mol. The summed E-state index contributed by atoms with van der Waals surface area (Å²) in [6.45, 7) is 1.15. The maximum Gasteiger partial charge on any atom is 0.165 e. The number of ketones is 1. The molecule has 0 saturated carbocycles. The number of halogens is 1. The number of hydrogen-bond donors (Lipinski definition) is 0. The van der Waals surface area contributed by atoms with Crippen molar-refractivity contribution in [2.75, 3.05) is 18.0 Å². The summed E-state index contributed by atoms with van der Waals surface area (Å²) < 4.78 is 13.3. The number of pyridine rings is 1. The Morgan fingerprint density at radius 2 is 2.07 bits per heavy atom. The highest BCUT2D eigenvalue weighted by Crippen LogP contribution is 2.18. The van der Waals surface area contributed by atoms with Crippen LogP contribution in [0.2, 0.25) is 0 Å². The molecule has 1 aliphatic heterocycles. The summed E-state index contributed by atoms with van der Waals surface area (Å²) >= 11 is 0. The Balaban J connectivity index is 2.16. The average molecular weight is 194 g/mol. The summed E-state index contributed by atoms with van der Waals surface area (Å²) in [6.07, 6.45) is 2.56. The second-order valence-corrected chi connectivity index (χ2v) is 3.33. The molecule has 2 rings (SSSR count). The lowest BCUT2D eigenvalue weighted by molar-refractivity contribution is -0.119. The molecule has 0 amide bonds. The zero-order chi connectivity index (χ0) is 9.97. The van der Waals surface area contributed by atoms with Crippen LogP contribution in [0.15, 0.2) is 18.3 Å². The molecule has 1 aromatic rings. The molecule has 1 aliphatic rings. The third-order valence-corrected chi connectivity index (χ3v) is 2.36. The van der Waals surface area contributed by atoms with Gasteiger partial charge >= 0.3 is 0 Å². The van der Waals surface area contributed by atoms with Gasteiger partial charge in [-0.25, -0.2) is 9.37 Å². The summed E-state index contributed by atoms with van der Waals surface area (Å²) in [5.74, 6) is 0.291. The molecule has 1 fully saturated rings. The third kappa shape index (κ3) is 1.73. The lowest BCUT2D eigenvalue weighted by Gasteiger charge is -2.27. The van der Waals surface area contributed by atoms with E-state index in [-0.39, 0.29) is 11.6 Å². The van der Waals surface area contributed by atoms with E-state index in [9.17, 15) is 9.18 Å². The van der Waals surface area contributed by atoms with Crippen molar-refractivity contribution in [3.8, 4) is 0 Å². The Kier molecular flexibility index (Phi) is 2.43. The van der Waals surface area contributed by atoms with Crippen LogP contribution >= 0.6 is 0 Å². The molecule has 3 nitrogen and oxygen atoms in total. The molecule has 0 N–H and O–H groups in total. The van der Waals surface area contributed by atoms with Gasteiger partial charge in [-0.15, -0.1) is 0 Å². The van der Waals surface area contributed by atoms with Gasteiger partial charge in [0, 0.05) is 32.1 Å². The van der Waals surface area contributed by atoms with Gasteiger partial charge in [-0.3, -0.25) is 4.79 Å². The van der Waals surface area contributed by atoms with Crippen LogP contribution in [0.4, 0.5) is 10.2 Å². The van der Waals surface area contributed by atoms with Crippen molar-refractivity contribution in [2.24, 2.45) is 0 Å².